The van der Waals surface area contributed by atoms with Crippen LogP contribution in [0.4, 0.5) is 0 Å². The van der Waals surface area contributed by atoms with Gasteiger partial charge in [0.25, 0.3) is 0 Å². The second-order valence-corrected chi connectivity index (χ2v) is 12.3. The lowest BCUT2D eigenvalue weighted by molar-refractivity contribution is -0.125. The maximum Gasteiger partial charge on any atom is 0.119 e. The Balaban J connectivity index is 0.000000373. The third-order valence-corrected chi connectivity index (χ3v) is 9.64. The minimum atomic E-state index is -0.740. The number of aryl methyl sites for hydroxylation is 3. The average molecular weight is 570 g/mol. The molecule has 3 heteroatoms. The van der Waals surface area contributed by atoms with Gasteiger partial charge in [-0.05, 0) is 93.2 Å². The zero-order valence-electron chi connectivity index (χ0n) is 27.3. The first kappa shape index (κ1) is 33.5. The summed E-state index contributed by atoms with van der Waals surface area (Å²) in [6, 6.07) is 25.2. The molecule has 2 N–H and O–H groups in total. The van der Waals surface area contributed by atoms with Crippen LogP contribution in [0.3, 0.4) is 0 Å². The second-order valence-electron chi connectivity index (χ2n) is 12.3. The molecule has 1 aliphatic heterocycles. The molecule has 5 rings (SSSR count). The van der Waals surface area contributed by atoms with Gasteiger partial charge in [0, 0.05) is 12.5 Å². The van der Waals surface area contributed by atoms with E-state index in [2.05, 4.69) is 119 Å². The van der Waals surface area contributed by atoms with Crippen molar-refractivity contribution in [2.75, 3.05) is 6.54 Å². The summed E-state index contributed by atoms with van der Waals surface area (Å²) in [5.41, 5.74) is 5.52. The van der Waals surface area contributed by atoms with Crippen LogP contribution in [-0.2, 0) is 12.8 Å². The molecular weight excluding hydrogens is 514 g/mol. The van der Waals surface area contributed by atoms with Gasteiger partial charge in [-0.2, -0.15) is 0 Å². The highest BCUT2D eigenvalue weighted by atomic mass is 16.3. The first-order valence-electron chi connectivity index (χ1n) is 16.2. The van der Waals surface area contributed by atoms with Gasteiger partial charge in [0.1, 0.15) is 5.75 Å². The Kier molecular flexibility index (Phi) is 12.3. The van der Waals surface area contributed by atoms with Gasteiger partial charge in [-0.15, -0.1) is 0 Å². The minimum absolute atomic E-state index is 0.0690. The standard InChI is InChI=1S/C28H37NO2.C9H12.C2H6/c1-19-10-11-26(30)24(18-19)21(3)27-20(2)12-15-28(31)22(4)29(17-14-25(27)28)16-13-23-8-6-5-7-9-23;1-3-9-6-4-8(2)5-7-9;1-2/h5-11,14,17-18,20-22,25,27,30-31H,12-13,15-16H2,1-4H3;4-7H,3H2,1-2H3;1-2H3/t20?,21?,22-,25?,27?,28?;;/m1../s1. The highest BCUT2D eigenvalue weighted by Crippen LogP contribution is 2.52. The molecule has 1 heterocycles. The summed E-state index contributed by atoms with van der Waals surface area (Å²) in [7, 11) is 0. The van der Waals surface area contributed by atoms with Crippen LogP contribution < -0.4 is 0 Å². The molecule has 0 saturated heterocycles. The Morgan fingerprint density at radius 3 is 2.19 bits per heavy atom. The van der Waals surface area contributed by atoms with Crippen molar-refractivity contribution in [3.8, 4) is 5.75 Å². The van der Waals surface area contributed by atoms with Gasteiger partial charge < -0.3 is 15.1 Å². The van der Waals surface area contributed by atoms with E-state index < -0.39 is 5.60 Å². The summed E-state index contributed by atoms with van der Waals surface area (Å²) in [6.07, 6.45) is 8.44. The molecule has 5 unspecified atom stereocenters. The topological polar surface area (TPSA) is 43.7 Å². The molecule has 228 valence electrons. The molecule has 3 aromatic carbocycles. The minimum Gasteiger partial charge on any atom is -0.508 e. The number of fused-ring (bicyclic) bond motifs is 1. The predicted octanol–water partition coefficient (Wildman–Crippen LogP) is 9.24. The van der Waals surface area contributed by atoms with E-state index in [4.69, 9.17) is 0 Å². The molecule has 0 radical (unpaired) electrons. The SMILES string of the molecule is CC.CCc1ccc(C)cc1.Cc1ccc(O)c(C(C)C2C(C)CCC3(O)C2C=CN(CCc2ccccc2)[C@@H]3C)c1. The van der Waals surface area contributed by atoms with Crippen LogP contribution in [-0.4, -0.2) is 33.3 Å². The van der Waals surface area contributed by atoms with E-state index in [9.17, 15) is 10.2 Å². The van der Waals surface area contributed by atoms with Crippen molar-refractivity contribution in [2.24, 2.45) is 17.8 Å². The molecular formula is C39H55NO2. The number of rotatable bonds is 6. The van der Waals surface area contributed by atoms with Crippen LogP contribution in [0.25, 0.3) is 0 Å². The number of hydrogen-bond donors (Lipinski definition) is 2. The van der Waals surface area contributed by atoms with Crippen molar-refractivity contribution in [1.29, 1.82) is 0 Å². The van der Waals surface area contributed by atoms with E-state index >= 15 is 0 Å². The lowest BCUT2D eigenvalue weighted by Crippen LogP contribution is -2.61. The number of hydrogen-bond acceptors (Lipinski definition) is 3. The van der Waals surface area contributed by atoms with Crippen molar-refractivity contribution in [3.05, 3.63) is 113 Å². The van der Waals surface area contributed by atoms with E-state index in [1.165, 1.54) is 16.7 Å². The molecule has 0 bridgehead atoms. The average Bonchev–Trinajstić information content (AvgIpc) is 3.01. The predicted molar refractivity (Wildman–Crippen MR) is 179 cm³/mol. The molecule has 6 atom stereocenters. The Morgan fingerprint density at radius 2 is 1.55 bits per heavy atom. The zero-order chi connectivity index (χ0) is 30.9. The maximum absolute atomic E-state index is 12.0. The van der Waals surface area contributed by atoms with Gasteiger partial charge in [0.05, 0.1) is 11.6 Å². The molecule has 1 saturated carbocycles. The maximum atomic E-state index is 12.0. The van der Waals surface area contributed by atoms with E-state index in [0.29, 0.717) is 17.6 Å². The fourth-order valence-electron chi connectivity index (χ4n) is 6.95. The number of benzene rings is 3. The highest BCUT2D eigenvalue weighted by molar-refractivity contribution is 5.39. The van der Waals surface area contributed by atoms with E-state index in [-0.39, 0.29) is 17.9 Å². The molecule has 1 aliphatic carbocycles. The van der Waals surface area contributed by atoms with Gasteiger partial charge in [0.15, 0.2) is 0 Å². The first-order valence-corrected chi connectivity index (χ1v) is 16.2. The molecule has 42 heavy (non-hydrogen) atoms. The number of nitrogens with zero attached hydrogens (tertiary/aromatic N) is 1. The van der Waals surface area contributed by atoms with E-state index in [1.807, 2.05) is 26.0 Å². The molecule has 1 fully saturated rings. The fourth-order valence-corrected chi connectivity index (χ4v) is 6.95. The number of phenols is 1. The molecule has 0 spiro atoms. The molecule has 2 aliphatic rings. The van der Waals surface area contributed by atoms with Crippen molar-refractivity contribution in [1.82, 2.24) is 4.90 Å². The first-order chi connectivity index (χ1) is 20.1. The summed E-state index contributed by atoms with van der Waals surface area (Å²) in [4.78, 5) is 2.32. The van der Waals surface area contributed by atoms with Gasteiger partial charge in [-0.3, -0.25) is 0 Å². The van der Waals surface area contributed by atoms with Gasteiger partial charge in [-0.1, -0.05) is 119 Å². The third kappa shape index (κ3) is 7.86. The van der Waals surface area contributed by atoms with Crippen LogP contribution in [0, 0.1) is 31.6 Å². The van der Waals surface area contributed by atoms with Crippen LogP contribution in [0.15, 0.2) is 85.1 Å². The molecule has 0 amide bonds. The van der Waals surface area contributed by atoms with Gasteiger partial charge in [-0.25, -0.2) is 0 Å². The number of phenolic OH excluding ortho intramolecular Hbond substituents is 1. The van der Waals surface area contributed by atoms with Crippen molar-refractivity contribution in [2.45, 2.75) is 98.6 Å². The van der Waals surface area contributed by atoms with Crippen LogP contribution >= 0.6 is 0 Å². The van der Waals surface area contributed by atoms with Gasteiger partial charge >= 0.3 is 0 Å². The lowest BCUT2D eigenvalue weighted by Gasteiger charge is -2.55. The summed E-state index contributed by atoms with van der Waals surface area (Å²) in [5.74, 6) is 1.43. The Labute approximate surface area is 256 Å². The quantitative estimate of drug-likeness (QED) is 0.311. The van der Waals surface area contributed by atoms with Crippen LogP contribution in [0.1, 0.15) is 88.1 Å². The Morgan fingerprint density at radius 1 is 0.905 bits per heavy atom. The number of aromatic hydroxyl groups is 1. The Bertz CT molecular complexity index is 1250. The lowest BCUT2D eigenvalue weighted by atomic mass is 9.57. The summed E-state index contributed by atoms with van der Waals surface area (Å²) in [5, 5.41) is 22.5. The summed E-state index contributed by atoms with van der Waals surface area (Å²) < 4.78 is 0. The van der Waals surface area contributed by atoms with Crippen LogP contribution in [0.2, 0.25) is 0 Å². The van der Waals surface area contributed by atoms with Crippen LogP contribution in [0.5, 0.6) is 5.75 Å². The fraction of sp³-hybridized carbons (Fsp3) is 0.487. The van der Waals surface area contributed by atoms with E-state index in [0.717, 1.165) is 43.4 Å². The van der Waals surface area contributed by atoms with E-state index in [1.54, 1.807) is 0 Å². The van der Waals surface area contributed by atoms with Crippen molar-refractivity contribution >= 4 is 0 Å². The zero-order valence-corrected chi connectivity index (χ0v) is 27.3. The Hall–Kier alpha value is -3.04. The third-order valence-electron chi connectivity index (χ3n) is 9.64. The monoisotopic (exact) mass is 569 g/mol. The van der Waals surface area contributed by atoms with Crippen molar-refractivity contribution in [3.63, 3.8) is 0 Å². The molecule has 0 aromatic heterocycles. The van der Waals surface area contributed by atoms with Crippen molar-refractivity contribution < 1.29 is 10.2 Å². The summed E-state index contributed by atoms with van der Waals surface area (Å²) in [6.45, 7) is 18.0. The molecule has 3 aromatic rings. The molecule has 3 nitrogen and oxygen atoms in total. The normalized spacial score (nSPS) is 25.3. The highest BCUT2D eigenvalue weighted by Gasteiger charge is 2.53. The smallest absolute Gasteiger partial charge is 0.119 e. The summed E-state index contributed by atoms with van der Waals surface area (Å²) >= 11 is 0. The number of aliphatic hydroxyl groups is 1. The van der Waals surface area contributed by atoms with Gasteiger partial charge in [0.2, 0.25) is 0 Å². The second kappa shape index (κ2) is 15.4. The largest absolute Gasteiger partial charge is 0.508 e.